The van der Waals surface area contributed by atoms with Crippen molar-refractivity contribution in [2.24, 2.45) is 16.8 Å². The number of fused-ring (bicyclic) bond motifs is 1. The van der Waals surface area contributed by atoms with E-state index in [1.54, 1.807) is 18.2 Å². The number of hydrogen-bond donors (Lipinski definition) is 3. The third-order valence-electron chi connectivity index (χ3n) is 3.69. The van der Waals surface area contributed by atoms with Crippen molar-refractivity contribution in [3.8, 4) is 0 Å². The normalized spacial score (nSPS) is 17.8. The molecular weight excluding hydrogens is 346 g/mol. The fourth-order valence-electron chi connectivity index (χ4n) is 2.54. The number of aliphatic imine (C=N–C) groups is 1. The van der Waals surface area contributed by atoms with Crippen molar-refractivity contribution in [2.45, 2.75) is 25.2 Å². The minimum Gasteiger partial charge on any atom is -0.481 e. The molecule has 1 aliphatic heterocycles. The summed E-state index contributed by atoms with van der Waals surface area (Å²) < 4.78 is 26.2. The van der Waals surface area contributed by atoms with Crippen LogP contribution < -0.4 is 10.0 Å². The van der Waals surface area contributed by atoms with Gasteiger partial charge in [-0.3, -0.25) is 19.3 Å². The van der Waals surface area contributed by atoms with Crippen LogP contribution in [0, 0.1) is 11.8 Å². The zero-order chi connectivity index (χ0) is 18.6. The fourth-order valence-corrected chi connectivity index (χ4v) is 3.79. The Kier molecular flexibility index (Phi) is 5.78. The van der Waals surface area contributed by atoms with Crippen molar-refractivity contribution in [3.63, 3.8) is 0 Å². The highest BCUT2D eigenvalue weighted by molar-refractivity contribution is 7.90. The summed E-state index contributed by atoms with van der Waals surface area (Å²) in [6, 6.07) is 6.35. The van der Waals surface area contributed by atoms with E-state index in [9.17, 15) is 18.0 Å². The molecule has 0 fully saturated rings. The van der Waals surface area contributed by atoms with Crippen LogP contribution in [0.25, 0.3) is 0 Å². The molecule has 0 saturated heterocycles. The van der Waals surface area contributed by atoms with Gasteiger partial charge in [0, 0.05) is 12.1 Å². The summed E-state index contributed by atoms with van der Waals surface area (Å²) in [5.41, 5.74) is 0.415. The van der Waals surface area contributed by atoms with Gasteiger partial charge in [0.2, 0.25) is 5.91 Å². The number of amidine groups is 1. The molecule has 0 spiro atoms. The molecule has 3 N–H and O–H groups in total. The molecule has 1 aromatic rings. The zero-order valence-electron chi connectivity index (χ0n) is 14.0. The number of benzene rings is 1. The molecule has 136 valence electrons. The van der Waals surface area contributed by atoms with Gasteiger partial charge < -0.3 is 10.4 Å². The van der Waals surface area contributed by atoms with E-state index in [1.165, 1.54) is 6.07 Å². The first kappa shape index (κ1) is 18.9. The number of amides is 1. The van der Waals surface area contributed by atoms with Crippen molar-refractivity contribution in [3.05, 3.63) is 29.8 Å². The lowest BCUT2D eigenvalue weighted by atomic mass is 9.97. The first-order valence-corrected chi connectivity index (χ1v) is 9.35. The van der Waals surface area contributed by atoms with Crippen LogP contribution >= 0.6 is 0 Å². The van der Waals surface area contributed by atoms with E-state index >= 15 is 0 Å². The van der Waals surface area contributed by atoms with Gasteiger partial charge in [-0.2, -0.15) is 0 Å². The number of rotatable bonds is 7. The maximum absolute atomic E-state index is 11.9. The maximum atomic E-state index is 11.9. The lowest BCUT2D eigenvalue weighted by Gasteiger charge is -2.15. The highest BCUT2D eigenvalue weighted by Gasteiger charge is 2.30. The Labute approximate surface area is 146 Å². The molecule has 0 aliphatic carbocycles. The van der Waals surface area contributed by atoms with E-state index in [4.69, 9.17) is 5.11 Å². The van der Waals surface area contributed by atoms with Crippen molar-refractivity contribution in [1.82, 2.24) is 10.0 Å². The monoisotopic (exact) mass is 367 g/mol. The van der Waals surface area contributed by atoms with Gasteiger partial charge in [0.05, 0.1) is 10.8 Å². The first-order chi connectivity index (χ1) is 11.7. The van der Waals surface area contributed by atoms with Crippen LogP contribution in [-0.4, -0.2) is 44.3 Å². The Morgan fingerprint density at radius 2 is 1.96 bits per heavy atom. The lowest BCUT2D eigenvalue weighted by Crippen LogP contribution is -2.35. The summed E-state index contributed by atoms with van der Waals surface area (Å²) in [6.45, 7) is 3.54. The number of nitrogens with one attached hydrogen (secondary N) is 2. The SMILES string of the molecule is CC(C)CC(CNC(=O)CN=C1NS(=O)(=O)c2ccccc21)C(=O)O. The van der Waals surface area contributed by atoms with Gasteiger partial charge >= 0.3 is 5.97 Å². The molecule has 8 nitrogen and oxygen atoms in total. The van der Waals surface area contributed by atoms with Crippen LogP contribution in [0.5, 0.6) is 0 Å². The van der Waals surface area contributed by atoms with Gasteiger partial charge in [0.15, 0.2) is 0 Å². The first-order valence-electron chi connectivity index (χ1n) is 7.87. The second-order valence-corrected chi connectivity index (χ2v) is 7.89. The number of sulfonamides is 1. The molecule has 0 aromatic heterocycles. The molecule has 0 saturated carbocycles. The van der Waals surface area contributed by atoms with E-state index in [0.717, 1.165) is 0 Å². The third kappa shape index (κ3) is 4.79. The Hall–Kier alpha value is -2.42. The highest BCUT2D eigenvalue weighted by atomic mass is 32.2. The molecule has 1 atom stereocenters. The summed E-state index contributed by atoms with van der Waals surface area (Å²) in [4.78, 5) is 27.2. The Balaban J connectivity index is 1.98. The molecule has 1 amide bonds. The molecule has 25 heavy (non-hydrogen) atoms. The molecule has 1 aromatic carbocycles. The minimum atomic E-state index is -3.64. The smallest absolute Gasteiger partial charge is 0.308 e. The topological polar surface area (TPSA) is 125 Å². The Morgan fingerprint density at radius 3 is 2.60 bits per heavy atom. The van der Waals surface area contributed by atoms with E-state index < -0.39 is 27.8 Å². The van der Waals surface area contributed by atoms with Gasteiger partial charge in [-0.25, -0.2) is 8.42 Å². The van der Waals surface area contributed by atoms with Crippen molar-refractivity contribution in [1.29, 1.82) is 0 Å². The van der Waals surface area contributed by atoms with Crippen molar-refractivity contribution >= 4 is 27.7 Å². The third-order valence-corrected chi connectivity index (χ3v) is 5.09. The second kappa shape index (κ2) is 7.64. The molecular formula is C16H21N3O5S. The van der Waals surface area contributed by atoms with Crippen LogP contribution in [0.2, 0.25) is 0 Å². The van der Waals surface area contributed by atoms with Crippen LogP contribution in [-0.2, 0) is 19.6 Å². The zero-order valence-corrected chi connectivity index (χ0v) is 14.8. The molecule has 1 unspecified atom stereocenters. The predicted octanol–water partition coefficient (Wildman–Crippen LogP) is 0.588. The molecule has 0 radical (unpaired) electrons. The fraction of sp³-hybridized carbons (Fsp3) is 0.438. The molecule has 0 bridgehead atoms. The minimum absolute atomic E-state index is 0.0134. The number of carbonyl (C=O) groups is 2. The number of carbonyl (C=O) groups excluding carboxylic acids is 1. The molecule has 1 aliphatic rings. The number of hydrogen-bond acceptors (Lipinski definition) is 5. The highest BCUT2D eigenvalue weighted by Crippen LogP contribution is 2.22. The van der Waals surface area contributed by atoms with Gasteiger partial charge in [-0.1, -0.05) is 26.0 Å². The van der Waals surface area contributed by atoms with Gasteiger partial charge in [0.25, 0.3) is 10.0 Å². The summed E-state index contributed by atoms with van der Waals surface area (Å²) in [5, 5.41) is 11.7. The maximum Gasteiger partial charge on any atom is 0.308 e. The van der Waals surface area contributed by atoms with Crippen LogP contribution in [0.1, 0.15) is 25.8 Å². The van der Waals surface area contributed by atoms with Gasteiger partial charge in [0.1, 0.15) is 12.4 Å². The summed E-state index contributed by atoms with van der Waals surface area (Å²) in [7, 11) is -3.64. The second-order valence-electron chi connectivity index (χ2n) is 6.24. The van der Waals surface area contributed by atoms with E-state index in [2.05, 4.69) is 15.0 Å². The number of aliphatic carboxylic acids is 1. The lowest BCUT2D eigenvalue weighted by molar-refractivity contribution is -0.142. The molecule has 1 heterocycles. The van der Waals surface area contributed by atoms with Crippen molar-refractivity contribution < 1.29 is 23.1 Å². The molecule has 2 rings (SSSR count). The average Bonchev–Trinajstić information content (AvgIpc) is 2.80. The van der Waals surface area contributed by atoms with Gasteiger partial charge in [-0.05, 0) is 24.5 Å². The Morgan fingerprint density at radius 1 is 1.28 bits per heavy atom. The van der Waals surface area contributed by atoms with Gasteiger partial charge in [-0.15, -0.1) is 0 Å². The standard InChI is InChI=1S/C16H21N3O5S/c1-10(2)7-11(16(21)22)8-17-14(20)9-18-15-12-5-3-4-6-13(12)25(23,24)19-15/h3-6,10-11H,7-9H2,1-2H3,(H,17,20)(H,18,19)(H,21,22). The van der Waals surface area contributed by atoms with Crippen molar-refractivity contribution in [2.75, 3.05) is 13.1 Å². The van der Waals surface area contributed by atoms with Crippen LogP contribution in [0.3, 0.4) is 0 Å². The van der Waals surface area contributed by atoms with Crippen LogP contribution in [0.15, 0.2) is 34.2 Å². The number of nitrogens with zero attached hydrogens (tertiary/aromatic N) is 1. The number of carboxylic acids is 1. The summed E-state index contributed by atoms with van der Waals surface area (Å²) in [6.07, 6.45) is 0.456. The largest absolute Gasteiger partial charge is 0.481 e. The Bertz CT molecular complexity index is 802. The van der Waals surface area contributed by atoms with E-state index in [0.29, 0.717) is 12.0 Å². The average molecular weight is 367 g/mol. The van der Waals surface area contributed by atoms with E-state index in [-0.39, 0.29) is 29.7 Å². The molecule has 9 heteroatoms. The van der Waals surface area contributed by atoms with E-state index in [1.807, 2.05) is 13.8 Å². The predicted molar refractivity (Wildman–Crippen MR) is 91.8 cm³/mol. The number of carboxylic acid groups (broad SMARTS) is 1. The summed E-state index contributed by atoms with van der Waals surface area (Å²) >= 11 is 0. The quantitative estimate of drug-likeness (QED) is 0.650. The van der Waals surface area contributed by atoms with Crippen LogP contribution in [0.4, 0.5) is 0 Å². The summed E-state index contributed by atoms with van der Waals surface area (Å²) in [5.74, 6) is -1.78.